The second kappa shape index (κ2) is 2.24. The Kier molecular flexibility index (Phi) is 1.58. The fourth-order valence-corrected chi connectivity index (χ4v) is 0.789. The van der Waals surface area contributed by atoms with Crippen LogP contribution in [-0.4, -0.2) is 0 Å². The van der Waals surface area contributed by atoms with Crippen LogP contribution in [0.25, 0.3) is 13.2 Å². The van der Waals surface area contributed by atoms with Gasteiger partial charge in [0.05, 0.1) is 0 Å². The number of rotatable bonds is 0. The normalized spacial score (nSPS) is 9.44. The van der Waals surface area contributed by atoms with Gasteiger partial charge in [-0.25, -0.2) is 0 Å². The Bertz CT molecular complexity index is 301. The zero-order valence-corrected chi connectivity index (χ0v) is 5.78. The Labute approximate surface area is 59.1 Å². The van der Waals surface area contributed by atoms with Gasteiger partial charge in [-0.05, 0) is 22.6 Å². The smallest absolute Gasteiger partial charge is 0.0412 e. The lowest BCUT2D eigenvalue weighted by Gasteiger charge is -1.86. The van der Waals surface area contributed by atoms with E-state index in [9.17, 15) is 0 Å². The SMILES string of the molecule is C=c1ccc(Cl)cc1=C. The van der Waals surface area contributed by atoms with Gasteiger partial charge < -0.3 is 0 Å². The van der Waals surface area contributed by atoms with Crippen molar-refractivity contribution in [3.05, 3.63) is 33.7 Å². The van der Waals surface area contributed by atoms with Crippen LogP contribution in [0.15, 0.2) is 18.2 Å². The lowest BCUT2D eigenvalue weighted by Crippen LogP contribution is -2.19. The van der Waals surface area contributed by atoms with Crippen molar-refractivity contribution in [2.45, 2.75) is 0 Å². The highest BCUT2D eigenvalue weighted by atomic mass is 35.5. The molecule has 1 rings (SSSR count). The first-order valence-electron chi connectivity index (χ1n) is 2.63. The lowest BCUT2D eigenvalue weighted by molar-refractivity contribution is 1.55. The van der Waals surface area contributed by atoms with Gasteiger partial charge in [-0.2, -0.15) is 0 Å². The maximum absolute atomic E-state index is 5.65. The van der Waals surface area contributed by atoms with Gasteiger partial charge in [0.1, 0.15) is 0 Å². The summed E-state index contributed by atoms with van der Waals surface area (Å²) in [5, 5.41) is 2.54. The summed E-state index contributed by atoms with van der Waals surface area (Å²) in [6, 6.07) is 5.45. The quantitative estimate of drug-likeness (QED) is 0.505. The van der Waals surface area contributed by atoms with Crippen LogP contribution in [0, 0.1) is 0 Å². The average molecular weight is 139 g/mol. The second-order valence-corrected chi connectivity index (χ2v) is 2.35. The van der Waals surface area contributed by atoms with Crippen molar-refractivity contribution in [3.63, 3.8) is 0 Å². The summed E-state index contributed by atoms with van der Waals surface area (Å²) in [5.74, 6) is 0. The molecule has 0 aliphatic rings. The molecule has 0 saturated heterocycles. The number of hydrogen-bond acceptors (Lipinski definition) is 0. The molecule has 0 atom stereocenters. The third-order valence-corrected chi connectivity index (χ3v) is 1.40. The van der Waals surface area contributed by atoms with E-state index in [0.29, 0.717) is 5.02 Å². The molecule has 1 heteroatoms. The summed E-state index contributed by atoms with van der Waals surface area (Å²) in [6.07, 6.45) is 0. The molecule has 0 aliphatic carbocycles. The molecule has 0 amide bonds. The van der Waals surface area contributed by atoms with E-state index in [-0.39, 0.29) is 0 Å². The molecular weight excluding hydrogens is 132 g/mol. The molecule has 0 aromatic heterocycles. The van der Waals surface area contributed by atoms with E-state index < -0.39 is 0 Å². The zero-order valence-electron chi connectivity index (χ0n) is 5.02. The van der Waals surface area contributed by atoms with Crippen molar-refractivity contribution in [3.8, 4) is 0 Å². The van der Waals surface area contributed by atoms with Gasteiger partial charge in [-0.15, -0.1) is 0 Å². The molecule has 9 heavy (non-hydrogen) atoms. The molecule has 0 fully saturated rings. The van der Waals surface area contributed by atoms with Crippen molar-refractivity contribution in [2.24, 2.45) is 0 Å². The van der Waals surface area contributed by atoms with Crippen molar-refractivity contribution in [1.82, 2.24) is 0 Å². The topological polar surface area (TPSA) is 0 Å². The van der Waals surface area contributed by atoms with Crippen LogP contribution >= 0.6 is 11.6 Å². The molecule has 0 unspecified atom stereocenters. The highest BCUT2D eigenvalue weighted by Crippen LogP contribution is 1.98. The Morgan fingerprint density at radius 1 is 1.11 bits per heavy atom. The maximum atomic E-state index is 5.65. The molecule has 0 heterocycles. The predicted molar refractivity (Wildman–Crippen MR) is 41.7 cm³/mol. The van der Waals surface area contributed by atoms with Crippen molar-refractivity contribution in [2.75, 3.05) is 0 Å². The van der Waals surface area contributed by atoms with Crippen molar-refractivity contribution in [1.29, 1.82) is 0 Å². The molecule has 0 nitrogen and oxygen atoms in total. The Hall–Kier alpha value is -0.750. The van der Waals surface area contributed by atoms with Gasteiger partial charge >= 0.3 is 0 Å². The summed E-state index contributed by atoms with van der Waals surface area (Å²) >= 11 is 5.65. The molecule has 0 bridgehead atoms. The van der Waals surface area contributed by atoms with E-state index in [1.807, 2.05) is 6.07 Å². The molecule has 0 aliphatic heterocycles. The van der Waals surface area contributed by atoms with E-state index in [1.54, 1.807) is 12.1 Å². The maximum Gasteiger partial charge on any atom is 0.0412 e. The summed E-state index contributed by atoms with van der Waals surface area (Å²) in [7, 11) is 0. The summed E-state index contributed by atoms with van der Waals surface area (Å²) in [5.41, 5.74) is 0. The zero-order chi connectivity index (χ0) is 6.85. The van der Waals surface area contributed by atoms with E-state index in [4.69, 9.17) is 11.6 Å². The molecule has 0 spiro atoms. The summed E-state index contributed by atoms with van der Waals surface area (Å²) in [4.78, 5) is 0. The highest BCUT2D eigenvalue weighted by Gasteiger charge is 1.82. The first-order chi connectivity index (χ1) is 4.20. The Morgan fingerprint density at radius 3 is 2.22 bits per heavy atom. The van der Waals surface area contributed by atoms with Crippen LogP contribution in [-0.2, 0) is 0 Å². The third-order valence-electron chi connectivity index (χ3n) is 1.17. The van der Waals surface area contributed by atoms with Crippen LogP contribution < -0.4 is 10.4 Å². The minimum absolute atomic E-state index is 0.715. The lowest BCUT2D eigenvalue weighted by atomic mass is 10.3. The molecule has 0 saturated carbocycles. The second-order valence-electron chi connectivity index (χ2n) is 1.91. The van der Waals surface area contributed by atoms with Gasteiger partial charge in [-0.1, -0.05) is 30.8 Å². The number of hydrogen-bond donors (Lipinski definition) is 0. The van der Waals surface area contributed by atoms with E-state index in [0.717, 1.165) is 10.4 Å². The summed E-state index contributed by atoms with van der Waals surface area (Å²) in [6.45, 7) is 7.47. The van der Waals surface area contributed by atoms with Crippen LogP contribution in [0.1, 0.15) is 0 Å². The van der Waals surface area contributed by atoms with E-state index in [2.05, 4.69) is 13.2 Å². The molecule has 0 radical (unpaired) electrons. The largest absolute Gasteiger partial charge is 0.0912 e. The van der Waals surface area contributed by atoms with E-state index in [1.165, 1.54) is 0 Å². The van der Waals surface area contributed by atoms with Gasteiger partial charge in [0.15, 0.2) is 0 Å². The minimum atomic E-state index is 0.715. The van der Waals surface area contributed by atoms with Gasteiger partial charge in [0.25, 0.3) is 0 Å². The monoisotopic (exact) mass is 138 g/mol. The summed E-state index contributed by atoms with van der Waals surface area (Å²) < 4.78 is 0. The first kappa shape index (κ1) is 6.37. The number of benzene rings is 1. The Morgan fingerprint density at radius 2 is 1.78 bits per heavy atom. The fourth-order valence-electron chi connectivity index (χ4n) is 0.594. The minimum Gasteiger partial charge on any atom is -0.0912 e. The fraction of sp³-hybridized carbons (Fsp3) is 0. The van der Waals surface area contributed by atoms with Gasteiger partial charge in [-0.3, -0.25) is 0 Å². The molecule has 0 N–H and O–H groups in total. The molecule has 1 aromatic rings. The molecule has 46 valence electrons. The number of halogens is 1. The molecule has 1 aromatic carbocycles. The van der Waals surface area contributed by atoms with Crippen molar-refractivity contribution >= 4 is 24.8 Å². The first-order valence-corrected chi connectivity index (χ1v) is 3.01. The van der Waals surface area contributed by atoms with E-state index >= 15 is 0 Å². The van der Waals surface area contributed by atoms with Gasteiger partial charge in [0, 0.05) is 5.02 Å². The predicted octanol–water partition coefficient (Wildman–Crippen LogP) is 1.16. The van der Waals surface area contributed by atoms with Crippen LogP contribution in [0.2, 0.25) is 5.02 Å². The van der Waals surface area contributed by atoms with Crippen LogP contribution in [0.5, 0.6) is 0 Å². The van der Waals surface area contributed by atoms with Crippen LogP contribution in [0.3, 0.4) is 0 Å². The van der Waals surface area contributed by atoms with Crippen molar-refractivity contribution < 1.29 is 0 Å². The molecular formula is C8H7Cl. The third kappa shape index (κ3) is 1.33. The highest BCUT2D eigenvalue weighted by molar-refractivity contribution is 6.30. The van der Waals surface area contributed by atoms with Crippen LogP contribution in [0.4, 0.5) is 0 Å². The average Bonchev–Trinajstić information content (AvgIpc) is 1.80. The standard InChI is InChI=1S/C8H7Cl/c1-6-3-4-8(9)5-7(6)2/h3-5H,1-2H2. The Balaban J connectivity index is 3.53. The van der Waals surface area contributed by atoms with Gasteiger partial charge in [0.2, 0.25) is 0 Å².